The zero-order valence-corrected chi connectivity index (χ0v) is 7.69. The molecule has 1 nitrogen and oxygen atoms in total. The van der Waals surface area contributed by atoms with Crippen LogP contribution in [0.4, 0.5) is 0 Å². The van der Waals surface area contributed by atoms with E-state index in [0.717, 1.165) is 17.3 Å². The van der Waals surface area contributed by atoms with Crippen LogP contribution in [0.3, 0.4) is 0 Å². The van der Waals surface area contributed by atoms with Crippen LogP contribution in [-0.4, -0.2) is 13.1 Å². The average Bonchev–Trinajstić information content (AvgIpc) is 2.07. The maximum absolute atomic E-state index is 3.45. The summed E-state index contributed by atoms with van der Waals surface area (Å²) < 4.78 is 0. The van der Waals surface area contributed by atoms with Gasteiger partial charge in [-0.25, -0.2) is 0 Å². The zero-order valence-electron chi connectivity index (χ0n) is 7.69. The Balaban J connectivity index is 0.000000720. The van der Waals surface area contributed by atoms with Gasteiger partial charge in [0.1, 0.15) is 0 Å². The molecule has 1 heteroatoms. The van der Waals surface area contributed by atoms with Crippen molar-refractivity contribution in [2.75, 3.05) is 13.1 Å². The SMILES string of the molecule is CC1CC(C)C12CCNCC2.[HH]. The minimum absolute atomic E-state index is 0. The molecule has 2 fully saturated rings. The van der Waals surface area contributed by atoms with Crippen LogP contribution in [0.1, 0.15) is 34.5 Å². The van der Waals surface area contributed by atoms with Gasteiger partial charge in [-0.2, -0.15) is 0 Å². The van der Waals surface area contributed by atoms with E-state index < -0.39 is 0 Å². The fraction of sp³-hybridized carbons (Fsp3) is 1.00. The summed E-state index contributed by atoms with van der Waals surface area (Å²) in [5.74, 6) is 2.00. The van der Waals surface area contributed by atoms with E-state index in [9.17, 15) is 0 Å². The first-order valence-electron chi connectivity index (χ1n) is 4.96. The van der Waals surface area contributed by atoms with Gasteiger partial charge in [0.15, 0.2) is 0 Å². The first kappa shape index (κ1) is 7.60. The third-order valence-electron chi connectivity index (χ3n) is 4.20. The number of hydrogen-bond donors (Lipinski definition) is 1. The second-order valence-corrected chi connectivity index (χ2v) is 4.52. The lowest BCUT2D eigenvalue weighted by Crippen LogP contribution is -2.52. The highest BCUT2D eigenvalue weighted by molar-refractivity contribution is 5.00. The summed E-state index contributed by atoms with van der Waals surface area (Å²) in [5.41, 5.74) is 0.755. The first-order valence-corrected chi connectivity index (χ1v) is 4.96. The normalized spacial score (nSPS) is 42.0. The van der Waals surface area contributed by atoms with Crippen molar-refractivity contribution in [3.63, 3.8) is 0 Å². The molecule has 1 aliphatic carbocycles. The number of nitrogens with one attached hydrogen (secondary N) is 1. The Labute approximate surface area is 71.0 Å². The van der Waals surface area contributed by atoms with Gasteiger partial charge in [0.05, 0.1) is 0 Å². The second kappa shape index (κ2) is 2.48. The monoisotopic (exact) mass is 155 g/mol. The molecule has 11 heavy (non-hydrogen) atoms. The summed E-state index contributed by atoms with van der Waals surface area (Å²) in [6, 6.07) is 0. The van der Waals surface area contributed by atoms with Gasteiger partial charge in [0.25, 0.3) is 0 Å². The number of hydrogen-bond acceptors (Lipinski definition) is 1. The largest absolute Gasteiger partial charge is 0.317 e. The fourth-order valence-corrected chi connectivity index (χ4v) is 3.20. The molecular formula is C10H21N. The van der Waals surface area contributed by atoms with E-state index in [4.69, 9.17) is 0 Å². The van der Waals surface area contributed by atoms with Crippen LogP contribution < -0.4 is 5.32 Å². The Morgan fingerprint density at radius 1 is 1.18 bits per heavy atom. The molecule has 2 unspecified atom stereocenters. The Morgan fingerprint density at radius 2 is 1.73 bits per heavy atom. The van der Waals surface area contributed by atoms with Crippen molar-refractivity contribution in [1.29, 1.82) is 0 Å². The predicted octanol–water partition coefficient (Wildman–Crippen LogP) is 2.28. The molecule has 0 aromatic carbocycles. The molecule has 0 radical (unpaired) electrons. The van der Waals surface area contributed by atoms with E-state index in [1.54, 1.807) is 0 Å². The summed E-state index contributed by atoms with van der Waals surface area (Å²) in [6.07, 6.45) is 4.32. The van der Waals surface area contributed by atoms with Crippen LogP contribution in [0, 0.1) is 17.3 Å². The van der Waals surface area contributed by atoms with Crippen LogP contribution in [-0.2, 0) is 0 Å². The van der Waals surface area contributed by atoms with Crippen molar-refractivity contribution in [2.45, 2.75) is 33.1 Å². The topological polar surface area (TPSA) is 12.0 Å². The van der Waals surface area contributed by atoms with Gasteiger partial charge in [-0.05, 0) is 49.6 Å². The number of piperidine rings is 1. The lowest BCUT2D eigenvalue weighted by atomic mass is 9.50. The van der Waals surface area contributed by atoms with Gasteiger partial charge in [-0.15, -0.1) is 0 Å². The summed E-state index contributed by atoms with van der Waals surface area (Å²) in [5, 5.41) is 3.45. The Bertz CT molecular complexity index is 142. The van der Waals surface area contributed by atoms with Crippen LogP contribution >= 0.6 is 0 Å². The van der Waals surface area contributed by atoms with Crippen molar-refractivity contribution < 1.29 is 1.43 Å². The molecule has 1 saturated heterocycles. The smallest absolute Gasteiger partial charge is 0 e. The Kier molecular flexibility index (Phi) is 1.71. The fourth-order valence-electron chi connectivity index (χ4n) is 3.20. The molecule has 1 spiro atoms. The quantitative estimate of drug-likeness (QED) is 0.566. The Hall–Kier alpha value is -0.0400. The molecule has 1 N–H and O–H groups in total. The summed E-state index contributed by atoms with van der Waals surface area (Å²) in [7, 11) is 0. The van der Waals surface area contributed by atoms with Gasteiger partial charge in [-0.3, -0.25) is 0 Å². The van der Waals surface area contributed by atoms with Crippen LogP contribution in [0.5, 0.6) is 0 Å². The number of rotatable bonds is 0. The van der Waals surface area contributed by atoms with Gasteiger partial charge in [0.2, 0.25) is 0 Å². The van der Waals surface area contributed by atoms with E-state index in [2.05, 4.69) is 19.2 Å². The van der Waals surface area contributed by atoms with Crippen molar-refractivity contribution in [3.8, 4) is 0 Å². The molecule has 2 atom stereocenters. The van der Waals surface area contributed by atoms with Gasteiger partial charge >= 0.3 is 0 Å². The van der Waals surface area contributed by atoms with Crippen molar-refractivity contribution in [1.82, 2.24) is 5.32 Å². The molecule has 0 aromatic heterocycles. The molecule has 1 aliphatic heterocycles. The van der Waals surface area contributed by atoms with E-state index >= 15 is 0 Å². The standard InChI is InChI=1S/C10H19N.H2/c1-8-7-9(2)10(8)3-5-11-6-4-10;/h8-9,11H,3-7H2,1-2H3;1H. The molecule has 1 heterocycles. The molecule has 2 aliphatic rings. The summed E-state index contributed by atoms with van der Waals surface area (Å²) in [6.45, 7) is 7.39. The predicted molar refractivity (Wildman–Crippen MR) is 49.6 cm³/mol. The highest BCUT2D eigenvalue weighted by Crippen LogP contribution is 2.56. The highest BCUT2D eigenvalue weighted by atomic mass is 14.9. The second-order valence-electron chi connectivity index (χ2n) is 4.52. The third-order valence-corrected chi connectivity index (χ3v) is 4.20. The first-order chi connectivity index (χ1) is 5.26. The van der Waals surface area contributed by atoms with Crippen LogP contribution in [0.25, 0.3) is 0 Å². The maximum Gasteiger partial charge on any atom is 0 e. The van der Waals surface area contributed by atoms with Crippen LogP contribution in [0.2, 0.25) is 0 Å². The highest BCUT2D eigenvalue weighted by Gasteiger charge is 2.49. The Morgan fingerprint density at radius 3 is 2.09 bits per heavy atom. The minimum atomic E-state index is 0. The van der Waals surface area contributed by atoms with Crippen molar-refractivity contribution >= 4 is 0 Å². The maximum atomic E-state index is 3.45. The molecule has 0 aromatic rings. The molecule has 1 saturated carbocycles. The lowest BCUT2D eigenvalue weighted by Gasteiger charge is -2.56. The molecule has 2 rings (SSSR count). The van der Waals surface area contributed by atoms with E-state index in [1.165, 1.54) is 32.4 Å². The van der Waals surface area contributed by atoms with E-state index in [1.807, 2.05) is 0 Å². The molecule has 0 bridgehead atoms. The summed E-state index contributed by atoms with van der Waals surface area (Å²) in [4.78, 5) is 0. The zero-order chi connectivity index (χ0) is 7.90. The van der Waals surface area contributed by atoms with E-state index in [-0.39, 0.29) is 1.43 Å². The molecule has 0 amide bonds. The van der Waals surface area contributed by atoms with Gasteiger partial charge in [0, 0.05) is 1.43 Å². The van der Waals surface area contributed by atoms with Gasteiger partial charge < -0.3 is 5.32 Å². The van der Waals surface area contributed by atoms with Crippen molar-refractivity contribution in [3.05, 3.63) is 0 Å². The third kappa shape index (κ3) is 0.936. The lowest BCUT2D eigenvalue weighted by molar-refractivity contribution is -0.0582. The van der Waals surface area contributed by atoms with Crippen LogP contribution in [0.15, 0.2) is 0 Å². The van der Waals surface area contributed by atoms with E-state index in [0.29, 0.717) is 0 Å². The average molecular weight is 155 g/mol. The van der Waals surface area contributed by atoms with Gasteiger partial charge in [-0.1, -0.05) is 13.8 Å². The van der Waals surface area contributed by atoms with Crippen molar-refractivity contribution in [2.24, 2.45) is 17.3 Å². The molecular weight excluding hydrogens is 134 g/mol. The summed E-state index contributed by atoms with van der Waals surface area (Å²) >= 11 is 0. The molecule has 66 valence electrons. The minimum Gasteiger partial charge on any atom is -0.317 e.